The summed E-state index contributed by atoms with van der Waals surface area (Å²) in [5.74, 6) is 0.131. The largest absolute Gasteiger partial charge is 0.506 e. The first-order chi connectivity index (χ1) is 7.13. The van der Waals surface area contributed by atoms with E-state index in [0.717, 1.165) is 5.69 Å². The molecule has 0 saturated heterocycles. The second kappa shape index (κ2) is 5.65. The highest BCUT2D eigenvalue weighted by atomic mass is 16.3. The van der Waals surface area contributed by atoms with Crippen LogP contribution in [0.4, 0.5) is 0 Å². The molecule has 5 nitrogen and oxygen atoms in total. The summed E-state index contributed by atoms with van der Waals surface area (Å²) >= 11 is 0. The number of aromatic hydroxyl groups is 1. The van der Waals surface area contributed by atoms with Gasteiger partial charge in [-0.05, 0) is 19.1 Å². The summed E-state index contributed by atoms with van der Waals surface area (Å²) in [4.78, 5) is 4.14. The first kappa shape index (κ1) is 11.9. The van der Waals surface area contributed by atoms with Crippen LogP contribution >= 0.6 is 0 Å². The van der Waals surface area contributed by atoms with E-state index in [1.807, 2.05) is 6.92 Å². The van der Waals surface area contributed by atoms with Crippen molar-refractivity contribution in [3.63, 3.8) is 0 Å². The van der Waals surface area contributed by atoms with Crippen LogP contribution in [0.15, 0.2) is 12.1 Å². The van der Waals surface area contributed by atoms with E-state index >= 15 is 0 Å². The van der Waals surface area contributed by atoms with Gasteiger partial charge < -0.3 is 20.6 Å². The minimum Gasteiger partial charge on any atom is -0.506 e. The zero-order chi connectivity index (χ0) is 11.3. The fourth-order valence-electron chi connectivity index (χ4n) is 1.15. The number of aromatic nitrogens is 1. The van der Waals surface area contributed by atoms with Crippen LogP contribution in [0.5, 0.6) is 5.75 Å². The molecule has 15 heavy (non-hydrogen) atoms. The first-order valence-electron chi connectivity index (χ1n) is 4.78. The third-order valence-corrected chi connectivity index (χ3v) is 1.97. The minimum atomic E-state index is -0.781. The van der Waals surface area contributed by atoms with E-state index in [1.165, 1.54) is 0 Å². The standard InChI is InChI=1S/C10H16N2O3/c1-7-2-3-10(15)9(12-7)5-11-4-8(14)6-13/h2-3,8,11,13-15H,4-6H2,1H3. The number of pyridine rings is 1. The van der Waals surface area contributed by atoms with Crippen LogP contribution in [0.3, 0.4) is 0 Å². The maximum atomic E-state index is 9.44. The van der Waals surface area contributed by atoms with Crippen LogP contribution in [0.2, 0.25) is 0 Å². The van der Waals surface area contributed by atoms with Crippen molar-refractivity contribution >= 4 is 0 Å². The minimum absolute atomic E-state index is 0.131. The van der Waals surface area contributed by atoms with E-state index in [9.17, 15) is 5.11 Å². The van der Waals surface area contributed by atoms with Crippen LogP contribution in [0, 0.1) is 6.92 Å². The highest BCUT2D eigenvalue weighted by Crippen LogP contribution is 2.13. The molecule has 0 saturated carbocycles. The fraction of sp³-hybridized carbons (Fsp3) is 0.500. The normalized spacial score (nSPS) is 12.7. The predicted octanol–water partition coefficient (Wildman–Crippen LogP) is -0.462. The van der Waals surface area contributed by atoms with Gasteiger partial charge >= 0.3 is 0 Å². The molecule has 1 aromatic rings. The smallest absolute Gasteiger partial charge is 0.138 e. The van der Waals surface area contributed by atoms with Gasteiger partial charge in [-0.15, -0.1) is 0 Å². The molecule has 0 aliphatic carbocycles. The van der Waals surface area contributed by atoms with Gasteiger partial charge in [0.05, 0.1) is 18.4 Å². The average Bonchev–Trinajstić information content (AvgIpc) is 2.23. The van der Waals surface area contributed by atoms with Crippen LogP contribution < -0.4 is 5.32 Å². The second-order valence-corrected chi connectivity index (χ2v) is 3.39. The van der Waals surface area contributed by atoms with E-state index in [2.05, 4.69) is 10.3 Å². The summed E-state index contributed by atoms with van der Waals surface area (Å²) in [7, 11) is 0. The fourth-order valence-corrected chi connectivity index (χ4v) is 1.15. The lowest BCUT2D eigenvalue weighted by molar-refractivity contribution is 0.0941. The topological polar surface area (TPSA) is 85.6 Å². The van der Waals surface area contributed by atoms with Gasteiger partial charge in [0.25, 0.3) is 0 Å². The Labute approximate surface area is 88.4 Å². The summed E-state index contributed by atoms with van der Waals surface area (Å²) < 4.78 is 0. The molecule has 0 bridgehead atoms. The zero-order valence-corrected chi connectivity index (χ0v) is 8.64. The molecule has 1 unspecified atom stereocenters. The van der Waals surface area contributed by atoms with E-state index in [1.54, 1.807) is 12.1 Å². The molecule has 4 N–H and O–H groups in total. The summed E-state index contributed by atoms with van der Waals surface area (Å²) in [6.45, 7) is 2.20. The van der Waals surface area contributed by atoms with Crippen LogP contribution in [0.25, 0.3) is 0 Å². The van der Waals surface area contributed by atoms with E-state index in [4.69, 9.17) is 10.2 Å². The molecule has 5 heteroatoms. The van der Waals surface area contributed by atoms with Crippen molar-refractivity contribution in [1.29, 1.82) is 0 Å². The molecule has 1 rings (SSSR count). The second-order valence-electron chi connectivity index (χ2n) is 3.39. The molecule has 1 heterocycles. The van der Waals surface area contributed by atoms with Gasteiger partial charge in [-0.3, -0.25) is 4.98 Å². The Morgan fingerprint density at radius 2 is 2.20 bits per heavy atom. The molecular weight excluding hydrogens is 196 g/mol. The van der Waals surface area contributed by atoms with Crippen molar-refractivity contribution in [1.82, 2.24) is 10.3 Å². The Kier molecular flexibility index (Phi) is 4.48. The maximum absolute atomic E-state index is 9.44. The lowest BCUT2D eigenvalue weighted by Crippen LogP contribution is -2.29. The van der Waals surface area contributed by atoms with E-state index in [-0.39, 0.29) is 18.9 Å². The van der Waals surface area contributed by atoms with Gasteiger partial charge in [-0.2, -0.15) is 0 Å². The van der Waals surface area contributed by atoms with Gasteiger partial charge in [0.15, 0.2) is 0 Å². The zero-order valence-electron chi connectivity index (χ0n) is 8.64. The summed E-state index contributed by atoms with van der Waals surface area (Å²) in [5, 5.41) is 30.0. The molecule has 0 spiro atoms. The van der Waals surface area contributed by atoms with Crippen molar-refractivity contribution in [2.24, 2.45) is 0 Å². The van der Waals surface area contributed by atoms with Crippen molar-refractivity contribution in [3.05, 3.63) is 23.5 Å². The first-order valence-corrected chi connectivity index (χ1v) is 4.78. The molecule has 0 fully saturated rings. The van der Waals surface area contributed by atoms with Crippen LogP contribution in [0.1, 0.15) is 11.4 Å². The monoisotopic (exact) mass is 212 g/mol. The number of aryl methyl sites for hydroxylation is 1. The Morgan fingerprint density at radius 3 is 2.87 bits per heavy atom. The molecule has 84 valence electrons. The van der Waals surface area contributed by atoms with Crippen LogP contribution in [-0.4, -0.2) is 39.6 Å². The molecule has 1 aromatic heterocycles. The molecule has 0 aliphatic heterocycles. The highest BCUT2D eigenvalue weighted by molar-refractivity contribution is 5.27. The predicted molar refractivity (Wildman–Crippen MR) is 55.4 cm³/mol. The van der Waals surface area contributed by atoms with Gasteiger partial charge in [-0.25, -0.2) is 0 Å². The third-order valence-electron chi connectivity index (χ3n) is 1.97. The molecule has 0 radical (unpaired) electrons. The Balaban J connectivity index is 2.46. The number of nitrogens with one attached hydrogen (secondary N) is 1. The van der Waals surface area contributed by atoms with Gasteiger partial charge in [0.1, 0.15) is 5.75 Å². The SMILES string of the molecule is Cc1ccc(O)c(CNCC(O)CO)n1. The molecular formula is C10H16N2O3. The molecule has 0 aliphatic rings. The third kappa shape index (κ3) is 3.83. The highest BCUT2D eigenvalue weighted by Gasteiger charge is 2.04. The number of hydrogen-bond acceptors (Lipinski definition) is 5. The molecule has 0 aromatic carbocycles. The van der Waals surface area contributed by atoms with Gasteiger partial charge in [0, 0.05) is 18.8 Å². The Bertz CT molecular complexity index is 318. The number of aliphatic hydroxyl groups excluding tert-OH is 2. The lowest BCUT2D eigenvalue weighted by Gasteiger charge is -2.09. The van der Waals surface area contributed by atoms with Crippen LogP contribution in [-0.2, 0) is 6.54 Å². The van der Waals surface area contributed by atoms with Crippen molar-refractivity contribution in [2.45, 2.75) is 19.6 Å². The Morgan fingerprint density at radius 1 is 1.47 bits per heavy atom. The van der Waals surface area contributed by atoms with Gasteiger partial charge in [-0.1, -0.05) is 0 Å². The van der Waals surface area contributed by atoms with E-state index < -0.39 is 6.10 Å². The average molecular weight is 212 g/mol. The lowest BCUT2D eigenvalue weighted by atomic mass is 10.2. The Hall–Kier alpha value is -1.17. The number of rotatable bonds is 5. The molecule has 0 amide bonds. The van der Waals surface area contributed by atoms with Crippen molar-refractivity contribution in [2.75, 3.05) is 13.2 Å². The number of nitrogens with zero attached hydrogens (tertiary/aromatic N) is 1. The number of aliphatic hydroxyl groups is 2. The van der Waals surface area contributed by atoms with Gasteiger partial charge in [0.2, 0.25) is 0 Å². The van der Waals surface area contributed by atoms with E-state index in [0.29, 0.717) is 12.2 Å². The summed E-state index contributed by atoms with van der Waals surface area (Å²) in [6.07, 6.45) is -0.781. The maximum Gasteiger partial charge on any atom is 0.138 e. The summed E-state index contributed by atoms with van der Waals surface area (Å²) in [5.41, 5.74) is 1.37. The summed E-state index contributed by atoms with van der Waals surface area (Å²) in [6, 6.07) is 3.31. The quantitative estimate of drug-likeness (QED) is 0.530. The van der Waals surface area contributed by atoms with Crippen molar-refractivity contribution < 1.29 is 15.3 Å². The molecule has 1 atom stereocenters. The van der Waals surface area contributed by atoms with Crippen molar-refractivity contribution in [3.8, 4) is 5.75 Å². The number of hydrogen-bond donors (Lipinski definition) is 4.